The first kappa shape index (κ1) is 31.1. The minimum Gasteiger partial charge on any atom is -0.381 e. The first-order valence-corrected chi connectivity index (χ1v) is 15.4. The van der Waals surface area contributed by atoms with Gasteiger partial charge in [0.2, 0.25) is 5.91 Å². The molecule has 46 heavy (non-hydrogen) atoms. The Morgan fingerprint density at radius 3 is 2.70 bits per heavy atom. The van der Waals surface area contributed by atoms with Gasteiger partial charge in [0.25, 0.3) is 0 Å². The number of fused-ring (bicyclic) bond motifs is 5. The third-order valence-electron chi connectivity index (χ3n) is 8.58. The van der Waals surface area contributed by atoms with Crippen LogP contribution in [0.25, 0.3) is 28.0 Å². The van der Waals surface area contributed by atoms with E-state index in [4.69, 9.17) is 10.7 Å². The number of hydrogen-bond acceptors (Lipinski definition) is 9. The van der Waals surface area contributed by atoms with E-state index in [-0.39, 0.29) is 46.0 Å². The molecule has 1 atom stereocenters. The smallest absolute Gasteiger partial charge is 0.355 e. The van der Waals surface area contributed by atoms with Crippen molar-refractivity contribution in [2.45, 2.75) is 32.7 Å². The molecule has 5 heterocycles. The lowest BCUT2D eigenvalue weighted by Gasteiger charge is -2.40. The van der Waals surface area contributed by atoms with Gasteiger partial charge < -0.3 is 25.8 Å². The Balaban J connectivity index is 1.69. The molecule has 240 valence electrons. The molecule has 2 aliphatic heterocycles. The summed E-state index contributed by atoms with van der Waals surface area (Å²) in [6.07, 6.45) is 2.94. The van der Waals surface area contributed by atoms with E-state index in [0.717, 1.165) is 0 Å². The molecule has 11 nitrogen and oxygen atoms in total. The summed E-state index contributed by atoms with van der Waals surface area (Å²) in [5, 5.41) is 3.72. The molecule has 0 saturated carbocycles. The first-order valence-electron chi connectivity index (χ1n) is 15.4. The summed E-state index contributed by atoms with van der Waals surface area (Å²) in [6.45, 7) is 12.0. The van der Waals surface area contributed by atoms with Crippen molar-refractivity contribution >= 4 is 34.1 Å². The molecule has 1 aromatic carbocycles. The molecule has 0 radical (unpaired) electrons. The molecule has 1 saturated heterocycles. The molecule has 1 fully saturated rings. The highest BCUT2D eigenvalue weighted by atomic mass is 19.1. The van der Waals surface area contributed by atoms with Crippen LogP contribution in [-0.4, -0.2) is 82.2 Å². The summed E-state index contributed by atoms with van der Waals surface area (Å²) in [5.74, 6) is -1.48. The maximum absolute atomic E-state index is 16.4. The highest BCUT2D eigenvalue weighted by Crippen LogP contribution is 2.38. The Kier molecular flexibility index (Phi) is 8.43. The van der Waals surface area contributed by atoms with Crippen molar-refractivity contribution < 1.29 is 13.6 Å². The van der Waals surface area contributed by atoms with Crippen molar-refractivity contribution in [2.75, 3.05) is 60.9 Å². The van der Waals surface area contributed by atoms with Crippen molar-refractivity contribution in [1.29, 1.82) is 0 Å². The fourth-order valence-corrected chi connectivity index (χ4v) is 6.42. The van der Waals surface area contributed by atoms with E-state index < -0.39 is 17.3 Å². The van der Waals surface area contributed by atoms with Crippen molar-refractivity contribution in [3.63, 3.8) is 0 Å². The van der Waals surface area contributed by atoms with E-state index >= 15 is 8.78 Å². The summed E-state index contributed by atoms with van der Waals surface area (Å²) in [7, 11) is 0. The number of nitrogens with zero attached hydrogens (tertiary/aromatic N) is 7. The maximum atomic E-state index is 16.4. The quantitative estimate of drug-likeness (QED) is 0.318. The lowest BCUT2D eigenvalue weighted by Crippen LogP contribution is -2.54. The number of hydrogen-bond donors (Lipinski definition) is 2. The SMILES string of the molecule is C=CC(=O)N1CCN(c2nc(=O)n3c4nc(c(F)cc24)-c2c(F)cccc2N(CCN)CCNc2ccnc(C(C)C)c2-3)[C@@H](C)C1. The molecule has 2 aliphatic rings. The average Bonchev–Trinajstić information content (AvgIpc) is 3.03. The number of carbonyl (C=O) groups is 1. The Bertz CT molecular complexity index is 1890. The van der Waals surface area contributed by atoms with Gasteiger partial charge in [0.1, 0.15) is 17.3 Å². The summed E-state index contributed by atoms with van der Waals surface area (Å²) >= 11 is 0. The van der Waals surface area contributed by atoms with E-state index in [1.165, 1.54) is 22.8 Å². The van der Waals surface area contributed by atoms with Gasteiger partial charge in [-0.25, -0.2) is 23.1 Å². The van der Waals surface area contributed by atoms with Gasteiger partial charge in [0.05, 0.1) is 28.0 Å². The van der Waals surface area contributed by atoms with Crippen LogP contribution in [0.5, 0.6) is 0 Å². The number of pyridine rings is 2. The summed E-state index contributed by atoms with van der Waals surface area (Å²) in [6, 6.07) is 7.35. The van der Waals surface area contributed by atoms with Crippen LogP contribution in [0.1, 0.15) is 32.4 Å². The van der Waals surface area contributed by atoms with Crippen LogP contribution in [0.3, 0.4) is 0 Å². The van der Waals surface area contributed by atoms with Gasteiger partial charge in [-0.05, 0) is 43.2 Å². The molecule has 3 N–H and O–H groups in total. The Morgan fingerprint density at radius 1 is 1.17 bits per heavy atom. The van der Waals surface area contributed by atoms with Gasteiger partial charge in [0.15, 0.2) is 11.5 Å². The second kappa shape index (κ2) is 12.5. The van der Waals surface area contributed by atoms with Crippen molar-refractivity contribution in [1.82, 2.24) is 24.4 Å². The van der Waals surface area contributed by atoms with Gasteiger partial charge in [-0.2, -0.15) is 4.98 Å². The number of nitrogens with one attached hydrogen (secondary N) is 1. The van der Waals surface area contributed by atoms with Crippen LogP contribution in [0.15, 0.2) is 54.0 Å². The zero-order valence-corrected chi connectivity index (χ0v) is 26.1. The van der Waals surface area contributed by atoms with E-state index in [0.29, 0.717) is 68.6 Å². The van der Waals surface area contributed by atoms with E-state index in [1.807, 2.05) is 30.6 Å². The van der Waals surface area contributed by atoms with Crippen molar-refractivity contribution in [2.24, 2.45) is 5.73 Å². The monoisotopic (exact) mass is 629 g/mol. The molecule has 0 spiro atoms. The van der Waals surface area contributed by atoms with Crippen LogP contribution in [0.4, 0.5) is 26.0 Å². The fourth-order valence-electron chi connectivity index (χ4n) is 6.42. The van der Waals surface area contributed by atoms with Crippen molar-refractivity contribution in [3.8, 4) is 16.9 Å². The summed E-state index contributed by atoms with van der Waals surface area (Å²) in [5.41, 5.74) is 7.31. The largest absolute Gasteiger partial charge is 0.381 e. The minimum absolute atomic E-state index is 0.0197. The molecule has 0 aliphatic carbocycles. The van der Waals surface area contributed by atoms with Gasteiger partial charge in [0, 0.05) is 63.7 Å². The third kappa shape index (κ3) is 5.34. The van der Waals surface area contributed by atoms with E-state index in [1.54, 1.807) is 29.3 Å². The number of nitrogens with two attached hydrogens (primary N) is 1. The Labute approximate surface area is 265 Å². The molecule has 1 amide bonds. The number of halogens is 2. The van der Waals surface area contributed by atoms with Crippen LogP contribution in [-0.2, 0) is 4.79 Å². The van der Waals surface area contributed by atoms with Gasteiger partial charge >= 0.3 is 5.69 Å². The first-order chi connectivity index (χ1) is 22.1. The number of benzene rings is 1. The zero-order chi connectivity index (χ0) is 32.7. The molecule has 3 aromatic heterocycles. The van der Waals surface area contributed by atoms with Gasteiger partial charge in [-0.3, -0.25) is 9.78 Å². The number of anilines is 3. The van der Waals surface area contributed by atoms with Crippen LogP contribution >= 0.6 is 0 Å². The predicted octanol–water partition coefficient (Wildman–Crippen LogP) is 3.66. The summed E-state index contributed by atoms with van der Waals surface area (Å²) in [4.78, 5) is 46.0. The summed E-state index contributed by atoms with van der Waals surface area (Å²) < 4.78 is 33.5. The average molecular weight is 630 g/mol. The molecular formula is C33H37F2N9O2. The molecule has 6 rings (SSSR count). The number of aromatic nitrogens is 4. The molecular weight excluding hydrogens is 592 g/mol. The van der Waals surface area contributed by atoms with E-state index in [9.17, 15) is 9.59 Å². The number of piperazine rings is 1. The Morgan fingerprint density at radius 2 is 1.98 bits per heavy atom. The highest BCUT2D eigenvalue weighted by Gasteiger charge is 2.32. The standard InChI is InChI=1S/C33H37F2N9O2/c1-5-26(45)42-15-16-43(20(4)18-42)31-21-17-23(35)29-27-22(34)7-6-8-25(27)41(13-10-36)14-12-37-24-9-11-38-28(19(2)3)30(24)44(32(21)39-29)33(46)40-31/h5-9,11,17,19-20,37H,1,10,12-16,18,36H2,2-4H3/t20-/m0/s1. The third-order valence-corrected chi connectivity index (χ3v) is 8.58. The van der Waals surface area contributed by atoms with Gasteiger partial charge in [-0.1, -0.05) is 26.5 Å². The maximum Gasteiger partial charge on any atom is 0.355 e. The lowest BCUT2D eigenvalue weighted by atomic mass is 10.0. The zero-order valence-electron chi connectivity index (χ0n) is 26.1. The van der Waals surface area contributed by atoms with E-state index in [2.05, 4.69) is 21.9 Å². The van der Waals surface area contributed by atoms with Gasteiger partial charge in [-0.15, -0.1) is 0 Å². The number of carbonyl (C=O) groups excluding carboxylic acids is 1. The molecule has 13 heteroatoms. The molecule has 4 aromatic rings. The van der Waals surface area contributed by atoms with Crippen LogP contribution < -0.4 is 26.5 Å². The molecule has 2 bridgehead atoms. The normalized spacial score (nSPS) is 16.5. The minimum atomic E-state index is -0.765. The van der Waals surface area contributed by atoms with Crippen LogP contribution in [0, 0.1) is 11.6 Å². The van der Waals surface area contributed by atoms with Crippen molar-refractivity contribution in [3.05, 3.63) is 77.0 Å². The Hall–Kier alpha value is -4.91. The fraction of sp³-hybridized carbons (Fsp3) is 0.364. The topological polar surface area (TPSA) is 126 Å². The second-order valence-corrected chi connectivity index (χ2v) is 11.9. The molecule has 0 unspecified atom stereocenters. The lowest BCUT2D eigenvalue weighted by molar-refractivity contribution is -0.126. The number of amides is 1. The number of rotatable bonds is 5. The second-order valence-electron chi connectivity index (χ2n) is 11.9. The van der Waals surface area contributed by atoms with Crippen LogP contribution in [0.2, 0.25) is 0 Å². The highest BCUT2D eigenvalue weighted by molar-refractivity contribution is 5.93. The predicted molar refractivity (Wildman–Crippen MR) is 176 cm³/mol.